The van der Waals surface area contributed by atoms with Crippen LogP contribution in [0.5, 0.6) is 0 Å². The first-order valence-electron chi connectivity index (χ1n) is 8.41. The molecule has 21 heavy (non-hydrogen) atoms. The van der Waals surface area contributed by atoms with Crippen LogP contribution in [-0.2, 0) is 10.2 Å². The van der Waals surface area contributed by atoms with Crippen LogP contribution >= 0.6 is 0 Å². The molecule has 0 aromatic heterocycles. The lowest BCUT2D eigenvalue weighted by Gasteiger charge is -2.37. The summed E-state index contributed by atoms with van der Waals surface area (Å²) < 4.78 is 5.65. The fourth-order valence-electron chi connectivity index (χ4n) is 3.19. The van der Waals surface area contributed by atoms with Gasteiger partial charge in [-0.3, -0.25) is 0 Å². The van der Waals surface area contributed by atoms with Crippen LogP contribution in [0.15, 0.2) is 24.3 Å². The van der Waals surface area contributed by atoms with Crippen LogP contribution in [0, 0.1) is 5.92 Å². The summed E-state index contributed by atoms with van der Waals surface area (Å²) in [6, 6.07) is 9.45. The molecule has 2 nitrogen and oxygen atoms in total. The molecule has 0 amide bonds. The second-order valence-corrected chi connectivity index (χ2v) is 7.34. The van der Waals surface area contributed by atoms with E-state index in [2.05, 4.69) is 57.3 Å². The highest BCUT2D eigenvalue weighted by molar-refractivity contribution is 5.38. The van der Waals surface area contributed by atoms with Crippen LogP contribution in [0.25, 0.3) is 0 Å². The quantitative estimate of drug-likeness (QED) is 0.749. The molecule has 1 aromatic rings. The van der Waals surface area contributed by atoms with Crippen molar-refractivity contribution in [1.82, 2.24) is 5.32 Å². The van der Waals surface area contributed by atoms with E-state index in [0.717, 1.165) is 26.2 Å². The molecule has 0 bridgehead atoms. The van der Waals surface area contributed by atoms with Gasteiger partial charge in [0, 0.05) is 19.3 Å². The predicted molar refractivity (Wildman–Crippen MR) is 89.7 cm³/mol. The summed E-state index contributed by atoms with van der Waals surface area (Å²) in [4.78, 5) is 0. The van der Waals surface area contributed by atoms with Crippen molar-refractivity contribution in [3.8, 4) is 0 Å². The minimum absolute atomic E-state index is 0.315. The van der Waals surface area contributed by atoms with E-state index < -0.39 is 0 Å². The SMILES string of the molecule is CC(C)COCCCNC1CCC(C)(C)c2ccccc21. The molecule has 1 unspecified atom stereocenters. The second-order valence-electron chi connectivity index (χ2n) is 7.34. The normalized spacial score (nSPS) is 20.5. The lowest BCUT2D eigenvalue weighted by atomic mass is 9.71. The molecule has 2 heteroatoms. The van der Waals surface area contributed by atoms with Crippen LogP contribution in [0.4, 0.5) is 0 Å². The highest BCUT2D eigenvalue weighted by atomic mass is 16.5. The van der Waals surface area contributed by atoms with Gasteiger partial charge in [0.2, 0.25) is 0 Å². The smallest absolute Gasteiger partial charge is 0.0489 e. The number of benzene rings is 1. The van der Waals surface area contributed by atoms with E-state index in [1.165, 1.54) is 24.0 Å². The average molecular weight is 289 g/mol. The molecule has 1 aliphatic carbocycles. The third kappa shape index (κ3) is 4.55. The van der Waals surface area contributed by atoms with Gasteiger partial charge in [0.15, 0.2) is 0 Å². The van der Waals surface area contributed by atoms with Crippen molar-refractivity contribution < 1.29 is 4.74 Å². The molecule has 118 valence electrons. The zero-order chi connectivity index (χ0) is 15.3. The Balaban J connectivity index is 1.82. The standard InChI is InChI=1S/C19H31NO/c1-15(2)14-21-13-7-12-20-18-10-11-19(3,4)17-9-6-5-8-16(17)18/h5-6,8-9,15,18,20H,7,10-14H2,1-4H3. The van der Waals surface area contributed by atoms with E-state index in [-0.39, 0.29) is 0 Å². The van der Waals surface area contributed by atoms with Crippen LogP contribution in [0.1, 0.15) is 64.1 Å². The third-order valence-corrected chi connectivity index (χ3v) is 4.43. The van der Waals surface area contributed by atoms with Gasteiger partial charge < -0.3 is 10.1 Å². The van der Waals surface area contributed by atoms with Crippen LogP contribution in [-0.4, -0.2) is 19.8 Å². The number of hydrogen-bond donors (Lipinski definition) is 1. The van der Waals surface area contributed by atoms with Gasteiger partial charge in [-0.05, 0) is 48.3 Å². The maximum Gasteiger partial charge on any atom is 0.0489 e. The molecule has 1 aromatic carbocycles. The number of ether oxygens (including phenoxy) is 1. The summed E-state index contributed by atoms with van der Waals surface area (Å²) in [5, 5.41) is 3.72. The average Bonchev–Trinajstić information content (AvgIpc) is 2.45. The van der Waals surface area contributed by atoms with E-state index in [1.54, 1.807) is 0 Å². The van der Waals surface area contributed by atoms with Gasteiger partial charge in [0.25, 0.3) is 0 Å². The number of rotatable bonds is 7. The zero-order valence-corrected chi connectivity index (χ0v) is 14.1. The van der Waals surface area contributed by atoms with Crippen molar-refractivity contribution in [2.24, 2.45) is 5.92 Å². The molecule has 0 spiro atoms. The van der Waals surface area contributed by atoms with Crippen molar-refractivity contribution in [3.63, 3.8) is 0 Å². The van der Waals surface area contributed by atoms with Crippen molar-refractivity contribution in [3.05, 3.63) is 35.4 Å². The van der Waals surface area contributed by atoms with Crippen molar-refractivity contribution in [1.29, 1.82) is 0 Å². The summed E-state index contributed by atoms with van der Waals surface area (Å²) in [6.07, 6.45) is 3.58. The van der Waals surface area contributed by atoms with Gasteiger partial charge in [-0.1, -0.05) is 52.0 Å². The Morgan fingerprint density at radius 3 is 2.81 bits per heavy atom. The minimum atomic E-state index is 0.315. The van der Waals surface area contributed by atoms with Gasteiger partial charge >= 0.3 is 0 Å². The Morgan fingerprint density at radius 1 is 1.29 bits per heavy atom. The largest absolute Gasteiger partial charge is 0.381 e. The summed E-state index contributed by atoms with van der Waals surface area (Å²) in [7, 11) is 0. The Morgan fingerprint density at radius 2 is 2.05 bits per heavy atom. The van der Waals surface area contributed by atoms with Crippen molar-refractivity contribution >= 4 is 0 Å². The van der Waals surface area contributed by atoms with E-state index in [0.29, 0.717) is 17.4 Å². The van der Waals surface area contributed by atoms with Crippen molar-refractivity contribution in [2.45, 2.75) is 58.4 Å². The van der Waals surface area contributed by atoms with Gasteiger partial charge in [-0.25, -0.2) is 0 Å². The molecule has 0 heterocycles. The number of fused-ring (bicyclic) bond motifs is 1. The Kier molecular flexibility index (Phi) is 5.83. The maximum atomic E-state index is 5.65. The van der Waals surface area contributed by atoms with Crippen molar-refractivity contribution in [2.75, 3.05) is 19.8 Å². The molecular weight excluding hydrogens is 258 g/mol. The lowest BCUT2D eigenvalue weighted by molar-refractivity contribution is 0.107. The molecule has 0 aliphatic heterocycles. The van der Waals surface area contributed by atoms with E-state index >= 15 is 0 Å². The number of hydrogen-bond acceptors (Lipinski definition) is 2. The molecule has 0 saturated carbocycles. The Hall–Kier alpha value is -0.860. The van der Waals surface area contributed by atoms with Crippen LogP contribution in [0.2, 0.25) is 0 Å². The first kappa shape index (κ1) is 16.5. The van der Waals surface area contributed by atoms with E-state index in [9.17, 15) is 0 Å². The summed E-state index contributed by atoms with van der Waals surface area (Å²) in [5.74, 6) is 0.630. The molecule has 0 radical (unpaired) electrons. The zero-order valence-electron chi connectivity index (χ0n) is 14.1. The third-order valence-electron chi connectivity index (χ3n) is 4.43. The topological polar surface area (TPSA) is 21.3 Å². The molecule has 1 aliphatic rings. The summed E-state index contributed by atoms with van der Waals surface area (Å²) in [6.45, 7) is 11.9. The second kappa shape index (κ2) is 7.42. The molecule has 0 saturated heterocycles. The molecule has 0 fully saturated rings. The molecule has 2 rings (SSSR count). The molecule has 1 atom stereocenters. The monoisotopic (exact) mass is 289 g/mol. The van der Waals surface area contributed by atoms with E-state index in [1.807, 2.05) is 0 Å². The van der Waals surface area contributed by atoms with E-state index in [4.69, 9.17) is 4.74 Å². The van der Waals surface area contributed by atoms with Crippen LogP contribution < -0.4 is 5.32 Å². The number of nitrogens with one attached hydrogen (secondary N) is 1. The first-order valence-corrected chi connectivity index (χ1v) is 8.41. The summed E-state index contributed by atoms with van der Waals surface area (Å²) in [5.41, 5.74) is 3.33. The van der Waals surface area contributed by atoms with Gasteiger partial charge in [0.1, 0.15) is 0 Å². The molecular formula is C19H31NO. The summed E-state index contributed by atoms with van der Waals surface area (Å²) >= 11 is 0. The van der Waals surface area contributed by atoms with Gasteiger partial charge in [-0.2, -0.15) is 0 Å². The molecule has 1 N–H and O–H groups in total. The Labute approximate surface area is 130 Å². The maximum absolute atomic E-state index is 5.65. The predicted octanol–water partition coefficient (Wildman–Crippen LogP) is 4.45. The fourth-order valence-corrected chi connectivity index (χ4v) is 3.19. The van der Waals surface area contributed by atoms with Gasteiger partial charge in [0.05, 0.1) is 0 Å². The Bertz CT molecular complexity index is 439. The first-order chi connectivity index (χ1) is 10.0. The van der Waals surface area contributed by atoms with Gasteiger partial charge in [-0.15, -0.1) is 0 Å². The highest BCUT2D eigenvalue weighted by Crippen LogP contribution is 2.41. The minimum Gasteiger partial charge on any atom is -0.381 e. The fraction of sp³-hybridized carbons (Fsp3) is 0.684. The van der Waals surface area contributed by atoms with Crippen LogP contribution in [0.3, 0.4) is 0 Å². The lowest BCUT2D eigenvalue weighted by Crippen LogP contribution is -2.33. The highest BCUT2D eigenvalue weighted by Gasteiger charge is 2.31.